The molecule has 2 N–H and O–H groups in total. The van der Waals surface area contributed by atoms with E-state index in [0.29, 0.717) is 0 Å². The molecule has 0 saturated carbocycles. The maximum Gasteiger partial charge on any atom is 0.216 e. The molecule has 0 rings (SSSR count). The molecule has 0 fully saturated rings. The smallest absolute Gasteiger partial charge is 0.216 e. The van der Waals surface area contributed by atoms with Crippen molar-refractivity contribution in [1.29, 1.82) is 0 Å². The molecule has 0 aliphatic heterocycles. The van der Waals surface area contributed by atoms with Gasteiger partial charge < -0.3 is 10.2 Å². The molecular formula is C12H14O2. The summed E-state index contributed by atoms with van der Waals surface area (Å²) in [5.41, 5.74) is -3.59. The van der Waals surface area contributed by atoms with Crippen molar-refractivity contribution in [3.8, 4) is 24.7 Å². The van der Waals surface area contributed by atoms with Crippen LogP contribution in [-0.4, -0.2) is 21.4 Å². The summed E-state index contributed by atoms with van der Waals surface area (Å²) < 4.78 is 0. The highest BCUT2D eigenvalue weighted by molar-refractivity contribution is 5.32. The largest absolute Gasteiger partial charge is 0.384 e. The molecule has 2 nitrogen and oxygen atoms in total. The summed E-state index contributed by atoms with van der Waals surface area (Å²) in [4.78, 5) is 0. The first-order valence-electron chi connectivity index (χ1n) is 4.11. The van der Waals surface area contributed by atoms with E-state index in [1.165, 1.54) is 12.2 Å². The second kappa shape index (κ2) is 4.67. The molecule has 0 amide bonds. The minimum atomic E-state index is -1.99. The standard InChI is InChI=1S/C12H14O2/c1-5-9-12(14,10-6-2)11(13,7-3)8-4/h3-6,13-14H,1-2,9-10H2. The minimum absolute atomic E-state index is 0.101. The van der Waals surface area contributed by atoms with Crippen LogP contribution in [-0.2, 0) is 0 Å². The van der Waals surface area contributed by atoms with Gasteiger partial charge in [-0.05, 0) is 12.8 Å². The van der Waals surface area contributed by atoms with Gasteiger partial charge in [0.2, 0.25) is 5.60 Å². The van der Waals surface area contributed by atoms with E-state index in [1.54, 1.807) is 0 Å². The van der Waals surface area contributed by atoms with E-state index < -0.39 is 11.2 Å². The number of hydrogen-bond acceptors (Lipinski definition) is 2. The van der Waals surface area contributed by atoms with Crippen molar-refractivity contribution in [3.05, 3.63) is 25.3 Å². The molecule has 0 aliphatic rings. The Balaban J connectivity index is 5.19. The average molecular weight is 190 g/mol. The van der Waals surface area contributed by atoms with E-state index in [9.17, 15) is 10.2 Å². The van der Waals surface area contributed by atoms with Gasteiger partial charge in [0.25, 0.3) is 0 Å². The van der Waals surface area contributed by atoms with Gasteiger partial charge in [0.05, 0.1) is 0 Å². The average Bonchev–Trinajstić information content (AvgIpc) is 2.17. The molecule has 0 aromatic carbocycles. The Morgan fingerprint density at radius 3 is 1.64 bits per heavy atom. The number of rotatable bonds is 5. The number of terminal acetylenes is 2. The van der Waals surface area contributed by atoms with Crippen molar-refractivity contribution in [2.45, 2.75) is 24.0 Å². The fourth-order valence-corrected chi connectivity index (χ4v) is 1.17. The molecule has 0 aromatic heterocycles. The first-order chi connectivity index (χ1) is 6.49. The van der Waals surface area contributed by atoms with Crippen LogP contribution < -0.4 is 0 Å². The van der Waals surface area contributed by atoms with Gasteiger partial charge >= 0.3 is 0 Å². The predicted octanol–water partition coefficient (Wildman–Crippen LogP) is 0.867. The molecule has 0 bridgehead atoms. The maximum atomic E-state index is 10.1. The highest BCUT2D eigenvalue weighted by Gasteiger charge is 2.45. The van der Waals surface area contributed by atoms with Gasteiger partial charge in [0.15, 0.2) is 0 Å². The van der Waals surface area contributed by atoms with Crippen LogP contribution in [0.4, 0.5) is 0 Å². The van der Waals surface area contributed by atoms with E-state index in [4.69, 9.17) is 12.8 Å². The Hall–Kier alpha value is -1.48. The third-order valence-electron chi connectivity index (χ3n) is 2.06. The Morgan fingerprint density at radius 1 is 1.07 bits per heavy atom. The second-order valence-electron chi connectivity index (χ2n) is 3.02. The van der Waals surface area contributed by atoms with Crippen LogP contribution in [0.15, 0.2) is 25.3 Å². The normalized spacial score (nSPS) is 11.1. The van der Waals surface area contributed by atoms with Crippen LogP contribution in [0.25, 0.3) is 0 Å². The lowest BCUT2D eigenvalue weighted by Gasteiger charge is -2.35. The summed E-state index contributed by atoms with van der Waals surface area (Å²) in [6, 6.07) is 0. The molecule has 0 aromatic rings. The first-order valence-corrected chi connectivity index (χ1v) is 4.11. The van der Waals surface area contributed by atoms with Gasteiger partial charge in [-0.2, -0.15) is 0 Å². The molecule has 0 aliphatic carbocycles. The third kappa shape index (κ3) is 2.06. The van der Waals surface area contributed by atoms with Crippen LogP contribution in [0.1, 0.15) is 12.8 Å². The van der Waals surface area contributed by atoms with E-state index in [2.05, 4.69) is 13.2 Å². The summed E-state index contributed by atoms with van der Waals surface area (Å²) in [6.45, 7) is 6.93. The molecule has 0 radical (unpaired) electrons. The van der Waals surface area contributed by atoms with E-state index in [-0.39, 0.29) is 12.8 Å². The van der Waals surface area contributed by atoms with E-state index >= 15 is 0 Å². The number of hydrogen-bond donors (Lipinski definition) is 2. The lowest BCUT2D eigenvalue weighted by molar-refractivity contribution is -0.0810. The second-order valence-corrected chi connectivity index (χ2v) is 3.02. The summed E-state index contributed by atoms with van der Waals surface area (Å²) >= 11 is 0. The van der Waals surface area contributed by atoms with Crippen LogP contribution in [0.5, 0.6) is 0 Å². The Labute approximate surface area is 85.0 Å². The predicted molar refractivity (Wildman–Crippen MR) is 57.2 cm³/mol. The molecule has 0 atom stereocenters. The summed E-state index contributed by atoms with van der Waals surface area (Å²) in [7, 11) is 0. The molecule has 2 heteroatoms. The highest BCUT2D eigenvalue weighted by atomic mass is 16.4. The van der Waals surface area contributed by atoms with Gasteiger partial charge in [0, 0.05) is 0 Å². The van der Waals surface area contributed by atoms with E-state index in [1.807, 2.05) is 11.8 Å². The topological polar surface area (TPSA) is 40.5 Å². The van der Waals surface area contributed by atoms with Crippen molar-refractivity contribution in [3.63, 3.8) is 0 Å². The fraction of sp³-hybridized carbons (Fsp3) is 0.333. The SMILES string of the molecule is C#CC(O)(C#C)C(O)(CC=C)CC=C. The molecule has 0 saturated heterocycles. The zero-order valence-corrected chi connectivity index (χ0v) is 8.03. The minimum Gasteiger partial charge on any atom is -0.384 e. The van der Waals surface area contributed by atoms with Crippen molar-refractivity contribution >= 4 is 0 Å². The number of aliphatic hydroxyl groups is 2. The third-order valence-corrected chi connectivity index (χ3v) is 2.06. The molecular weight excluding hydrogens is 176 g/mol. The van der Waals surface area contributed by atoms with Crippen LogP contribution in [0.3, 0.4) is 0 Å². The summed E-state index contributed by atoms with van der Waals surface area (Å²) in [6.07, 6.45) is 13.3. The molecule has 14 heavy (non-hydrogen) atoms. The highest BCUT2D eigenvalue weighted by Crippen LogP contribution is 2.29. The quantitative estimate of drug-likeness (QED) is 0.499. The zero-order chi connectivity index (χ0) is 11.2. The first kappa shape index (κ1) is 12.5. The van der Waals surface area contributed by atoms with Crippen molar-refractivity contribution in [2.24, 2.45) is 0 Å². The zero-order valence-electron chi connectivity index (χ0n) is 8.03. The van der Waals surface area contributed by atoms with Gasteiger partial charge in [-0.1, -0.05) is 24.0 Å². The lowest BCUT2D eigenvalue weighted by atomic mass is 9.79. The van der Waals surface area contributed by atoms with Crippen molar-refractivity contribution in [2.75, 3.05) is 0 Å². The maximum absolute atomic E-state index is 10.1. The molecule has 74 valence electrons. The fourth-order valence-electron chi connectivity index (χ4n) is 1.17. The molecule has 0 unspecified atom stereocenters. The van der Waals surface area contributed by atoms with E-state index in [0.717, 1.165) is 0 Å². The van der Waals surface area contributed by atoms with Gasteiger partial charge in [-0.15, -0.1) is 26.0 Å². The van der Waals surface area contributed by atoms with Gasteiger partial charge in [-0.25, -0.2) is 0 Å². The summed E-state index contributed by atoms with van der Waals surface area (Å²) in [5, 5.41) is 19.8. The Bertz CT molecular complexity index is 277. The summed E-state index contributed by atoms with van der Waals surface area (Å²) in [5.74, 6) is 4.02. The van der Waals surface area contributed by atoms with Crippen LogP contribution >= 0.6 is 0 Å². The van der Waals surface area contributed by atoms with Crippen molar-refractivity contribution in [1.82, 2.24) is 0 Å². The lowest BCUT2D eigenvalue weighted by Crippen LogP contribution is -2.52. The van der Waals surface area contributed by atoms with Crippen LogP contribution in [0, 0.1) is 24.7 Å². The molecule has 0 heterocycles. The van der Waals surface area contributed by atoms with Crippen LogP contribution in [0.2, 0.25) is 0 Å². The monoisotopic (exact) mass is 190 g/mol. The van der Waals surface area contributed by atoms with Gasteiger partial charge in [0.1, 0.15) is 5.60 Å². The Kier molecular flexibility index (Phi) is 4.18. The molecule has 0 spiro atoms. The van der Waals surface area contributed by atoms with Gasteiger partial charge in [-0.3, -0.25) is 0 Å². The van der Waals surface area contributed by atoms with Crippen molar-refractivity contribution < 1.29 is 10.2 Å². The Morgan fingerprint density at radius 2 is 1.43 bits per heavy atom.